The van der Waals surface area contributed by atoms with Crippen molar-refractivity contribution in [2.75, 3.05) is 26.2 Å². The lowest BCUT2D eigenvalue weighted by molar-refractivity contribution is -0.0444. The largest absolute Gasteiger partial charge is 0.373 e. The van der Waals surface area contributed by atoms with E-state index in [4.69, 9.17) is 4.74 Å². The molecule has 2 rings (SSSR count). The lowest BCUT2D eigenvalue weighted by Crippen LogP contribution is -2.53. The Morgan fingerprint density at radius 2 is 1.94 bits per heavy atom. The highest BCUT2D eigenvalue weighted by molar-refractivity contribution is 7.87. The minimum atomic E-state index is -3.37. The first-order valence-corrected chi connectivity index (χ1v) is 7.55. The zero-order valence-corrected chi connectivity index (χ0v) is 11.2. The van der Waals surface area contributed by atoms with Crippen molar-refractivity contribution in [2.45, 2.75) is 38.5 Å². The Morgan fingerprint density at radius 1 is 1.29 bits per heavy atom. The molecule has 6 nitrogen and oxygen atoms in total. The molecule has 0 saturated carbocycles. The normalized spacial score (nSPS) is 36.2. The van der Waals surface area contributed by atoms with Gasteiger partial charge in [0, 0.05) is 25.7 Å². The third-order valence-electron chi connectivity index (χ3n) is 3.10. The molecule has 0 bridgehead atoms. The molecular formula is C10H21N3O3S. The summed E-state index contributed by atoms with van der Waals surface area (Å²) >= 11 is 0. The van der Waals surface area contributed by atoms with Gasteiger partial charge in [-0.05, 0) is 26.8 Å². The van der Waals surface area contributed by atoms with Gasteiger partial charge in [-0.1, -0.05) is 0 Å². The molecule has 0 spiro atoms. The number of morpholine rings is 1. The molecule has 3 atom stereocenters. The van der Waals surface area contributed by atoms with Gasteiger partial charge in [0.1, 0.15) is 0 Å². The standard InChI is InChI=1S/C10H21N3O3S/c1-8-6-13(7-9(2)16-8)17(14,15)12-10-3-4-11-5-10/h8-12H,3-7H2,1-2H3/t8-,9-,10-/m1/s1. The molecule has 0 aromatic heterocycles. The number of nitrogens with zero attached hydrogens (tertiary/aromatic N) is 1. The molecule has 2 fully saturated rings. The molecule has 100 valence electrons. The van der Waals surface area contributed by atoms with Crippen LogP contribution in [0.1, 0.15) is 20.3 Å². The van der Waals surface area contributed by atoms with Crippen molar-refractivity contribution in [1.82, 2.24) is 14.3 Å². The van der Waals surface area contributed by atoms with Crippen molar-refractivity contribution in [3.63, 3.8) is 0 Å². The zero-order valence-electron chi connectivity index (χ0n) is 10.3. The van der Waals surface area contributed by atoms with Gasteiger partial charge >= 0.3 is 0 Å². The molecule has 2 N–H and O–H groups in total. The Kier molecular flexibility index (Phi) is 4.04. The van der Waals surface area contributed by atoms with Gasteiger partial charge in [0.2, 0.25) is 0 Å². The van der Waals surface area contributed by atoms with Crippen LogP contribution in [0.2, 0.25) is 0 Å². The fourth-order valence-corrected chi connectivity index (χ4v) is 3.95. The summed E-state index contributed by atoms with van der Waals surface area (Å²) in [6.45, 7) is 6.25. The first-order valence-electron chi connectivity index (χ1n) is 6.11. The van der Waals surface area contributed by atoms with Crippen molar-refractivity contribution in [2.24, 2.45) is 0 Å². The average Bonchev–Trinajstić information content (AvgIpc) is 2.68. The van der Waals surface area contributed by atoms with Gasteiger partial charge in [-0.2, -0.15) is 17.4 Å². The van der Waals surface area contributed by atoms with Crippen LogP contribution in [0.4, 0.5) is 0 Å². The summed E-state index contributed by atoms with van der Waals surface area (Å²) in [6.07, 6.45) is 0.767. The Bertz CT molecular complexity index is 344. The summed E-state index contributed by atoms with van der Waals surface area (Å²) in [5.41, 5.74) is 0. The van der Waals surface area contributed by atoms with Gasteiger partial charge < -0.3 is 10.1 Å². The van der Waals surface area contributed by atoms with E-state index in [-0.39, 0.29) is 18.2 Å². The second kappa shape index (κ2) is 5.19. The Labute approximate surface area is 103 Å². The highest BCUT2D eigenvalue weighted by Gasteiger charge is 2.32. The maximum Gasteiger partial charge on any atom is 0.279 e. The van der Waals surface area contributed by atoms with E-state index in [0.717, 1.165) is 13.0 Å². The molecule has 0 aromatic carbocycles. The molecule has 17 heavy (non-hydrogen) atoms. The summed E-state index contributed by atoms with van der Waals surface area (Å²) in [7, 11) is -3.37. The van der Waals surface area contributed by atoms with E-state index in [1.54, 1.807) is 0 Å². The van der Waals surface area contributed by atoms with E-state index in [2.05, 4.69) is 10.0 Å². The van der Waals surface area contributed by atoms with Crippen molar-refractivity contribution in [3.8, 4) is 0 Å². The molecule has 0 unspecified atom stereocenters. The molecule has 0 aromatic rings. The predicted octanol–water partition coefficient (Wildman–Crippen LogP) is -0.708. The fraction of sp³-hybridized carbons (Fsp3) is 1.00. The van der Waals surface area contributed by atoms with Crippen molar-refractivity contribution < 1.29 is 13.2 Å². The van der Waals surface area contributed by atoms with Gasteiger partial charge in [0.05, 0.1) is 12.2 Å². The SMILES string of the molecule is C[C@@H]1CN(S(=O)(=O)N[C@@H]2CCNC2)C[C@@H](C)O1. The molecule has 0 radical (unpaired) electrons. The van der Waals surface area contributed by atoms with Crippen LogP contribution >= 0.6 is 0 Å². The summed E-state index contributed by atoms with van der Waals surface area (Å²) < 4.78 is 34.1. The molecule has 7 heteroatoms. The van der Waals surface area contributed by atoms with Crippen LogP contribution in [0.25, 0.3) is 0 Å². The number of hydrogen-bond donors (Lipinski definition) is 2. The topological polar surface area (TPSA) is 70.7 Å². The molecule has 2 saturated heterocycles. The Morgan fingerprint density at radius 3 is 2.47 bits per heavy atom. The first kappa shape index (κ1) is 13.2. The summed E-state index contributed by atoms with van der Waals surface area (Å²) in [5.74, 6) is 0. The number of hydrogen-bond acceptors (Lipinski definition) is 4. The molecule has 2 aliphatic rings. The fourth-order valence-electron chi connectivity index (χ4n) is 2.37. The van der Waals surface area contributed by atoms with E-state index in [1.807, 2.05) is 13.8 Å². The predicted molar refractivity (Wildman–Crippen MR) is 64.9 cm³/mol. The van der Waals surface area contributed by atoms with E-state index in [0.29, 0.717) is 19.6 Å². The van der Waals surface area contributed by atoms with E-state index < -0.39 is 10.2 Å². The average molecular weight is 263 g/mol. The highest BCUT2D eigenvalue weighted by Crippen LogP contribution is 2.14. The van der Waals surface area contributed by atoms with Crippen LogP contribution in [-0.4, -0.2) is 57.2 Å². The molecule has 0 aliphatic carbocycles. The molecule has 0 amide bonds. The van der Waals surface area contributed by atoms with Crippen molar-refractivity contribution >= 4 is 10.2 Å². The second-order valence-electron chi connectivity index (χ2n) is 4.89. The smallest absolute Gasteiger partial charge is 0.279 e. The molecule has 2 aliphatic heterocycles. The highest BCUT2D eigenvalue weighted by atomic mass is 32.2. The molecule has 2 heterocycles. The van der Waals surface area contributed by atoms with Gasteiger partial charge in [0.15, 0.2) is 0 Å². The lowest BCUT2D eigenvalue weighted by Gasteiger charge is -2.34. The van der Waals surface area contributed by atoms with Crippen molar-refractivity contribution in [1.29, 1.82) is 0 Å². The maximum absolute atomic E-state index is 12.2. The quantitative estimate of drug-likeness (QED) is 0.706. The second-order valence-corrected chi connectivity index (χ2v) is 6.59. The van der Waals surface area contributed by atoms with Gasteiger partial charge in [-0.3, -0.25) is 0 Å². The van der Waals surface area contributed by atoms with E-state index in [1.165, 1.54) is 4.31 Å². The lowest BCUT2D eigenvalue weighted by atomic mass is 10.3. The Hall–Kier alpha value is -0.210. The monoisotopic (exact) mass is 263 g/mol. The summed E-state index contributed by atoms with van der Waals surface area (Å²) in [6, 6.07) is 0.0217. The van der Waals surface area contributed by atoms with Gasteiger partial charge in [-0.25, -0.2) is 0 Å². The first-order chi connectivity index (χ1) is 7.97. The maximum atomic E-state index is 12.2. The van der Waals surface area contributed by atoms with Crippen LogP contribution in [0.3, 0.4) is 0 Å². The van der Waals surface area contributed by atoms with E-state index >= 15 is 0 Å². The third-order valence-corrected chi connectivity index (χ3v) is 4.71. The molecular weight excluding hydrogens is 242 g/mol. The van der Waals surface area contributed by atoms with Gasteiger partial charge in [0.25, 0.3) is 10.2 Å². The van der Waals surface area contributed by atoms with E-state index in [9.17, 15) is 8.42 Å². The minimum absolute atomic E-state index is 0.0217. The van der Waals surface area contributed by atoms with Crippen LogP contribution < -0.4 is 10.0 Å². The Balaban J connectivity index is 1.98. The number of ether oxygens (including phenoxy) is 1. The number of nitrogens with one attached hydrogen (secondary N) is 2. The summed E-state index contributed by atoms with van der Waals surface area (Å²) in [4.78, 5) is 0. The third kappa shape index (κ3) is 3.38. The van der Waals surface area contributed by atoms with Crippen LogP contribution in [0.15, 0.2) is 0 Å². The summed E-state index contributed by atoms with van der Waals surface area (Å²) in [5, 5.41) is 3.15. The zero-order chi connectivity index (χ0) is 12.5. The van der Waals surface area contributed by atoms with Gasteiger partial charge in [-0.15, -0.1) is 0 Å². The van der Waals surface area contributed by atoms with Crippen LogP contribution in [0, 0.1) is 0 Å². The van der Waals surface area contributed by atoms with Crippen molar-refractivity contribution in [3.05, 3.63) is 0 Å². The van der Waals surface area contributed by atoms with Crippen LogP contribution in [0.5, 0.6) is 0 Å². The minimum Gasteiger partial charge on any atom is -0.373 e. The van der Waals surface area contributed by atoms with Crippen LogP contribution in [-0.2, 0) is 14.9 Å². The number of rotatable bonds is 3.